The van der Waals surface area contributed by atoms with Crippen LogP contribution in [0.25, 0.3) is 10.8 Å². The van der Waals surface area contributed by atoms with Crippen molar-refractivity contribution in [1.29, 1.82) is 0 Å². The zero-order valence-electron chi connectivity index (χ0n) is 29.6. The van der Waals surface area contributed by atoms with Crippen molar-refractivity contribution in [3.63, 3.8) is 0 Å². The first-order valence-electron chi connectivity index (χ1n) is 17.7. The molecule has 52 heavy (non-hydrogen) atoms. The molecule has 284 valence electrons. The Bertz CT molecular complexity index is 1590. The summed E-state index contributed by atoms with van der Waals surface area (Å²) in [5.74, 6) is -2.91. The Morgan fingerprint density at radius 2 is 1.31 bits per heavy atom. The van der Waals surface area contributed by atoms with Gasteiger partial charge in [-0.1, -0.05) is 42.5 Å². The van der Waals surface area contributed by atoms with Crippen LogP contribution in [0.3, 0.4) is 0 Å². The standard InChI is InChI=1S/C35H54N12O5/c36-17-4-3-13-26(46-33(52)28-16-8-20-47(28)29(48)21-23-11-5-10-22-9-1-2-12-24(22)23)32(51)45-27(15-7-19-43-35(40)41)31(50)44-25(30(37)49)14-6-18-42-34(38)39/h1-2,5,9-12,25-28H,3-4,6-8,13-21,36H2,(H2,37,49)(H,44,50)(H,45,51)(H,46,52)(H4,38,39,42)(H4,40,41,43). The summed E-state index contributed by atoms with van der Waals surface area (Å²) in [4.78, 5) is 76.2. The minimum atomic E-state index is -1.12. The van der Waals surface area contributed by atoms with Gasteiger partial charge in [0.15, 0.2) is 11.9 Å². The molecular formula is C35H54N12O5. The number of nitrogens with two attached hydrogens (primary N) is 6. The Labute approximate surface area is 303 Å². The van der Waals surface area contributed by atoms with Crippen LogP contribution in [0.2, 0.25) is 0 Å². The molecule has 0 bridgehead atoms. The number of amides is 5. The van der Waals surface area contributed by atoms with Gasteiger partial charge < -0.3 is 55.3 Å². The minimum Gasteiger partial charge on any atom is -0.370 e. The molecule has 15 N–H and O–H groups in total. The summed E-state index contributed by atoms with van der Waals surface area (Å²) >= 11 is 0. The second-order valence-corrected chi connectivity index (χ2v) is 12.8. The number of carbonyl (C=O) groups excluding carboxylic acids is 5. The van der Waals surface area contributed by atoms with Gasteiger partial charge in [-0.2, -0.15) is 0 Å². The number of benzene rings is 2. The fourth-order valence-corrected chi connectivity index (χ4v) is 6.18. The molecule has 1 aliphatic heterocycles. The quantitative estimate of drug-likeness (QED) is 0.0410. The van der Waals surface area contributed by atoms with Gasteiger partial charge in [0.25, 0.3) is 0 Å². The number of likely N-dealkylation sites (tertiary alicyclic amines) is 1. The summed E-state index contributed by atoms with van der Waals surface area (Å²) in [7, 11) is 0. The summed E-state index contributed by atoms with van der Waals surface area (Å²) in [6, 6.07) is 9.63. The lowest BCUT2D eigenvalue weighted by Crippen LogP contribution is -2.58. The molecule has 0 aliphatic carbocycles. The lowest BCUT2D eigenvalue weighted by Gasteiger charge is -2.28. The maximum Gasteiger partial charge on any atom is 0.243 e. The van der Waals surface area contributed by atoms with Crippen LogP contribution in [-0.4, -0.2) is 96.7 Å². The number of unbranched alkanes of at least 4 members (excludes halogenated alkanes) is 1. The fraction of sp³-hybridized carbons (Fsp3) is 0.514. The van der Waals surface area contributed by atoms with E-state index >= 15 is 0 Å². The number of guanidine groups is 2. The number of fused-ring (bicyclic) bond motifs is 1. The smallest absolute Gasteiger partial charge is 0.243 e. The van der Waals surface area contributed by atoms with E-state index in [1.54, 1.807) is 4.90 Å². The maximum absolute atomic E-state index is 13.8. The summed E-state index contributed by atoms with van der Waals surface area (Å²) in [5.41, 5.74) is 33.7. The number of primary amides is 1. The number of carbonyl (C=O) groups is 5. The molecule has 2 aromatic rings. The van der Waals surface area contributed by atoms with E-state index in [-0.39, 0.29) is 56.6 Å². The molecule has 0 spiro atoms. The second kappa shape index (κ2) is 21.0. The predicted octanol–water partition coefficient (Wildman–Crippen LogP) is -1.45. The Morgan fingerprint density at radius 3 is 1.94 bits per heavy atom. The van der Waals surface area contributed by atoms with Crippen LogP contribution < -0.4 is 50.4 Å². The molecule has 5 amide bonds. The second-order valence-electron chi connectivity index (χ2n) is 12.8. The first-order chi connectivity index (χ1) is 24.9. The normalized spacial score (nSPS) is 15.6. The van der Waals surface area contributed by atoms with Crippen molar-refractivity contribution in [2.75, 3.05) is 26.2 Å². The number of hydrogen-bond acceptors (Lipinski definition) is 8. The molecule has 1 saturated heterocycles. The third kappa shape index (κ3) is 13.0. The average molecular weight is 723 g/mol. The van der Waals surface area contributed by atoms with Crippen LogP contribution in [0.1, 0.15) is 63.4 Å². The van der Waals surface area contributed by atoms with Gasteiger partial charge in [-0.05, 0) is 80.7 Å². The highest BCUT2D eigenvalue weighted by molar-refractivity contribution is 5.96. The van der Waals surface area contributed by atoms with E-state index in [2.05, 4.69) is 25.9 Å². The molecule has 0 radical (unpaired) electrons. The van der Waals surface area contributed by atoms with Crippen molar-refractivity contribution in [3.05, 3.63) is 48.0 Å². The Kier molecular flexibility index (Phi) is 16.6. The Hall–Kier alpha value is -5.45. The van der Waals surface area contributed by atoms with Crippen molar-refractivity contribution in [3.8, 4) is 0 Å². The molecular weight excluding hydrogens is 668 g/mol. The van der Waals surface area contributed by atoms with E-state index in [0.717, 1.165) is 16.3 Å². The molecule has 1 aliphatic rings. The van der Waals surface area contributed by atoms with Crippen LogP contribution in [0.5, 0.6) is 0 Å². The molecule has 1 fully saturated rings. The molecule has 3 rings (SSSR count). The van der Waals surface area contributed by atoms with Gasteiger partial charge in [0.1, 0.15) is 24.2 Å². The molecule has 4 atom stereocenters. The summed E-state index contributed by atoms with van der Waals surface area (Å²) in [6.45, 7) is 1.20. The SMILES string of the molecule is NCCCCC(NC(=O)C1CCCN1C(=O)Cc1cccc2ccccc12)C(=O)NC(CCCN=C(N)N)C(=O)NC(CCCN=C(N)N)C(N)=O. The molecule has 4 unspecified atom stereocenters. The van der Waals surface area contributed by atoms with Crippen LogP contribution in [0.4, 0.5) is 0 Å². The number of nitrogens with zero attached hydrogens (tertiary/aromatic N) is 3. The van der Waals surface area contributed by atoms with Gasteiger partial charge in [0, 0.05) is 19.6 Å². The number of nitrogens with one attached hydrogen (secondary N) is 3. The zero-order valence-corrected chi connectivity index (χ0v) is 29.6. The highest BCUT2D eigenvalue weighted by Gasteiger charge is 2.36. The van der Waals surface area contributed by atoms with Gasteiger partial charge in [0.05, 0.1) is 6.42 Å². The van der Waals surface area contributed by atoms with Gasteiger partial charge in [0.2, 0.25) is 29.5 Å². The van der Waals surface area contributed by atoms with Crippen molar-refractivity contribution in [2.24, 2.45) is 44.4 Å². The largest absolute Gasteiger partial charge is 0.370 e. The summed E-state index contributed by atoms with van der Waals surface area (Å²) in [5, 5.41) is 10.2. The molecule has 2 aromatic carbocycles. The first-order valence-corrected chi connectivity index (χ1v) is 17.7. The molecule has 0 saturated carbocycles. The number of hydrogen-bond donors (Lipinski definition) is 9. The Balaban J connectivity index is 1.74. The number of rotatable bonds is 21. The van der Waals surface area contributed by atoms with Crippen molar-refractivity contribution in [2.45, 2.75) is 88.4 Å². The third-order valence-electron chi connectivity index (χ3n) is 8.86. The van der Waals surface area contributed by atoms with Crippen LogP contribution in [0.15, 0.2) is 52.4 Å². The van der Waals surface area contributed by atoms with Crippen LogP contribution in [0, 0.1) is 0 Å². The van der Waals surface area contributed by atoms with Crippen molar-refractivity contribution < 1.29 is 24.0 Å². The highest BCUT2D eigenvalue weighted by atomic mass is 16.2. The van der Waals surface area contributed by atoms with E-state index in [1.165, 1.54) is 0 Å². The van der Waals surface area contributed by atoms with Crippen molar-refractivity contribution >= 4 is 52.2 Å². The maximum atomic E-state index is 13.8. The zero-order chi connectivity index (χ0) is 38.0. The fourth-order valence-electron chi connectivity index (χ4n) is 6.18. The van der Waals surface area contributed by atoms with E-state index in [9.17, 15) is 24.0 Å². The summed E-state index contributed by atoms with van der Waals surface area (Å²) < 4.78 is 0. The van der Waals surface area contributed by atoms with Crippen LogP contribution >= 0.6 is 0 Å². The number of aliphatic imine (C=N–C) groups is 2. The van der Waals surface area contributed by atoms with E-state index in [4.69, 9.17) is 34.4 Å². The molecule has 1 heterocycles. The first kappa shape index (κ1) is 41.0. The van der Waals surface area contributed by atoms with E-state index in [0.29, 0.717) is 51.6 Å². The van der Waals surface area contributed by atoms with E-state index in [1.807, 2.05) is 42.5 Å². The van der Waals surface area contributed by atoms with Gasteiger partial charge in [-0.25, -0.2) is 0 Å². The lowest BCUT2D eigenvalue weighted by atomic mass is 10.0. The molecule has 0 aromatic heterocycles. The minimum absolute atomic E-state index is 0.107. The van der Waals surface area contributed by atoms with Gasteiger partial charge in [-0.3, -0.25) is 34.0 Å². The van der Waals surface area contributed by atoms with Crippen molar-refractivity contribution in [1.82, 2.24) is 20.9 Å². The van der Waals surface area contributed by atoms with Gasteiger partial charge >= 0.3 is 0 Å². The van der Waals surface area contributed by atoms with E-state index < -0.39 is 47.8 Å². The molecule has 17 nitrogen and oxygen atoms in total. The molecule has 17 heteroatoms. The highest BCUT2D eigenvalue weighted by Crippen LogP contribution is 2.23. The third-order valence-corrected chi connectivity index (χ3v) is 8.86. The lowest BCUT2D eigenvalue weighted by molar-refractivity contribution is -0.139. The predicted molar refractivity (Wildman–Crippen MR) is 200 cm³/mol. The topological polar surface area (TPSA) is 306 Å². The summed E-state index contributed by atoms with van der Waals surface area (Å²) in [6.07, 6.45) is 3.48. The average Bonchev–Trinajstić information content (AvgIpc) is 3.61. The van der Waals surface area contributed by atoms with Gasteiger partial charge in [-0.15, -0.1) is 0 Å². The van der Waals surface area contributed by atoms with Crippen LogP contribution in [-0.2, 0) is 30.4 Å². The Morgan fingerprint density at radius 1 is 0.731 bits per heavy atom. The monoisotopic (exact) mass is 722 g/mol.